The minimum atomic E-state index is -0.825. The van der Waals surface area contributed by atoms with Crippen LogP contribution >= 0.6 is 39.7 Å². The Kier molecular flexibility index (Phi) is 5.52. The first kappa shape index (κ1) is 14.9. The molecule has 0 radical (unpaired) electrons. The number of rotatable bonds is 3. The molecule has 0 bridgehead atoms. The number of hydrogen-bond acceptors (Lipinski definition) is 3. The van der Waals surface area contributed by atoms with E-state index >= 15 is 0 Å². The normalized spacial score (nSPS) is 9.67. The van der Waals surface area contributed by atoms with Crippen molar-refractivity contribution < 1.29 is 9.59 Å². The standard InChI is InChI=1S/C10H9BrClN3O2S/c11-6-2-1-5(12)3-7(6)15-10(17)9(16)14-4-8(13)18/h1-3H,4H2,(H2,13,18)(H,14,16)(H,15,17). The van der Waals surface area contributed by atoms with E-state index in [0.29, 0.717) is 15.2 Å². The van der Waals surface area contributed by atoms with Crippen molar-refractivity contribution in [1.82, 2.24) is 5.32 Å². The molecule has 1 rings (SSSR count). The lowest BCUT2D eigenvalue weighted by Gasteiger charge is -2.07. The number of nitrogens with two attached hydrogens (primary N) is 1. The molecule has 0 unspecified atom stereocenters. The molecule has 96 valence electrons. The van der Waals surface area contributed by atoms with Crippen LogP contribution in [0.4, 0.5) is 5.69 Å². The maximum atomic E-state index is 11.5. The quantitative estimate of drug-likeness (QED) is 0.569. The molecule has 0 saturated carbocycles. The Bertz CT molecular complexity index is 510. The van der Waals surface area contributed by atoms with Gasteiger partial charge in [-0.15, -0.1) is 0 Å². The third-order valence-corrected chi connectivity index (χ3v) is 2.88. The van der Waals surface area contributed by atoms with Crippen molar-refractivity contribution in [3.05, 3.63) is 27.7 Å². The van der Waals surface area contributed by atoms with Crippen molar-refractivity contribution in [2.24, 2.45) is 5.73 Å². The van der Waals surface area contributed by atoms with E-state index in [2.05, 4.69) is 38.8 Å². The molecule has 2 amide bonds. The summed E-state index contributed by atoms with van der Waals surface area (Å²) in [5.41, 5.74) is 5.60. The summed E-state index contributed by atoms with van der Waals surface area (Å²) >= 11 is 13.6. The Labute approximate surface area is 122 Å². The van der Waals surface area contributed by atoms with Gasteiger partial charge in [-0.1, -0.05) is 23.8 Å². The molecule has 4 N–H and O–H groups in total. The summed E-state index contributed by atoms with van der Waals surface area (Å²) in [5.74, 6) is -1.65. The highest BCUT2D eigenvalue weighted by Gasteiger charge is 2.14. The van der Waals surface area contributed by atoms with Gasteiger partial charge in [0.15, 0.2) is 0 Å². The molecule has 0 fully saturated rings. The molecule has 0 aliphatic rings. The summed E-state index contributed by atoms with van der Waals surface area (Å²) < 4.78 is 0.613. The number of thiocarbonyl (C=S) groups is 1. The van der Waals surface area contributed by atoms with E-state index in [1.807, 2.05) is 0 Å². The zero-order chi connectivity index (χ0) is 13.7. The fourth-order valence-electron chi connectivity index (χ4n) is 1.02. The maximum absolute atomic E-state index is 11.5. The first-order chi connectivity index (χ1) is 8.40. The van der Waals surface area contributed by atoms with Gasteiger partial charge in [-0.25, -0.2) is 0 Å². The molecule has 5 nitrogen and oxygen atoms in total. The van der Waals surface area contributed by atoms with E-state index < -0.39 is 11.8 Å². The van der Waals surface area contributed by atoms with Gasteiger partial charge in [0.05, 0.1) is 17.2 Å². The van der Waals surface area contributed by atoms with Crippen LogP contribution in [0.5, 0.6) is 0 Å². The Balaban J connectivity index is 2.66. The van der Waals surface area contributed by atoms with Gasteiger partial charge >= 0.3 is 11.8 Å². The number of carbonyl (C=O) groups excluding carboxylic acids is 2. The number of hydrogen-bond donors (Lipinski definition) is 3. The number of nitrogens with one attached hydrogen (secondary N) is 2. The van der Waals surface area contributed by atoms with Gasteiger partial charge in [-0.05, 0) is 34.1 Å². The van der Waals surface area contributed by atoms with Gasteiger partial charge in [0.25, 0.3) is 0 Å². The van der Waals surface area contributed by atoms with Crippen LogP contribution < -0.4 is 16.4 Å². The molecule has 0 spiro atoms. The third kappa shape index (κ3) is 4.59. The van der Waals surface area contributed by atoms with Crippen molar-refractivity contribution >= 4 is 62.2 Å². The number of benzene rings is 1. The topological polar surface area (TPSA) is 84.2 Å². The number of anilines is 1. The molecule has 0 saturated heterocycles. The lowest BCUT2D eigenvalue weighted by atomic mass is 10.3. The van der Waals surface area contributed by atoms with Crippen LogP contribution in [-0.4, -0.2) is 23.3 Å². The van der Waals surface area contributed by atoms with E-state index in [0.717, 1.165) is 0 Å². The highest BCUT2D eigenvalue weighted by atomic mass is 79.9. The number of halogens is 2. The molecule has 18 heavy (non-hydrogen) atoms. The fraction of sp³-hybridized carbons (Fsp3) is 0.100. The Morgan fingerprint density at radius 1 is 1.39 bits per heavy atom. The molecule has 0 atom stereocenters. The van der Waals surface area contributed by atoms with Gasteiger partial charge in [0, 0.05) is 9.50 Å². The predicted molar refractivity (Wildman–Crippen MR) is 77.6 cm³/mol. The van der Waals surface area contributed by atoms with Gasteiger partial charge in [-0.2, -0.15) is 0 Å². The largest absolute Gasteiger partial charge is 0.392 e. The van der Waals surface area contributed by atoms with Crippen LogP contribution in [0.2, 0.25) is 5.02 Å². The SMILES string of the molecule is NC(=S)CNC(=O)C(=O)Nc1cc(Cl)ccc1Br. The predicted octanol–water partition coefficient (Wildman–Crippen LogP) is 1.44. The molecule has 1 aromatic carbocycles. The van der Waals surface area contributed by atoms with E-state index in [9.17, 15) is 9.59 Å². The van der Waals surface area contributed by atoms with Gasteiger partial charge in [0.2, 0.25) is 0 Å². The Hall–Kier alpha value is -1.18. The molecular formula is C10H9BrClN3O2S. The monoisotopic (exact) mass is 349 g/mol. The molecule has 8 heteroatoms. The van der Waals surface area contributed by atoms with Gasteiger partial charge in [-0.3, -0.25) is 9.59 Å². The minimum Gasteiger partial charge on any atom is -0.392 e. The molecule has 0 aliphatic carbocycles. The first-order valence-electron chi connectivity index (χ1n) is 4.72. The first-order valence-corrected chi connectivity index (χ1v) is 6.30. The lowest BCUT2D eigenvalue weighted by molar-refractivity contribution is -0.135. The highest BCUT2D eigenvalue weighted by Crippen LogP contribution is 2.25. The summed E-state index contributed by atoms with van der Waals surface area (Å²) in [6.45, 7) is -0.0295. The summed E-state index contributed by atoms with van der Waals surface area (Å²) in [4.78, 5) is 23.0. The summed E-state index contributed by atoms with van der Waals surface area (Å²) in [7, 11) is 0. The third-order valence-electron chi connectivity index (χ3n) is 1.81. The fourth-order valence-corrected chi connectivity index (χ4v) is 1.61. The number of carbonyl (C=O) groups is 2. The van der Waals surface area contributed by atoms with Crippen LogP contribution in [0.3, 0.4) is 0 Å². The van der Waals surface area contributed by atoms with E-state index in [-0.39, 0.29) is 11.5 Å². The van der Waals surface area contributed by atoms with Crippen LogP contribution in [0.15, 0.2) is 22.7 Å². The Morgan fingerprint density at radius 2 is 2.06 bits per heavy atom. The summed E-state index contributed by atoms with van der Waals surface area (Å²) in [6, 6.07) is 4.82. The highest BCUT2D eigenvalue weighted by molar-refractivity contribution is 9.10. The van der Waals surface area contributed by atoms with Crippen molar-refractivity contribution in [2.45, 2.75) is 0 Å². The zero-order valence-electron chi connectivity index (χ0n) is 9.00. The van der Waals surface area contributed by atoms with Crippen LogP contribution in [-0.2, 0) is 9.59 Å². The lowest BCUT2D eigenvalue weighted by Crippen LogP contribution is -2.39. The second kappa shape index (κ2) is 6.67. The Morgan fingerprint density at radius 3 is 2.67 bits per heavy atom. The average Bonchev–Trinajstić information content (AvgIpc) is 2.30. The van der Waals surface area contributed by atoms with E-state index in [4.69, 9.17) is 17.3 Å². The van der Waals surface area contributed by atoms with Crippen molar-refractivity contribution in [2.75, 3.05) is 11.9 Å². The van der Waals surface area contributed by atoms with E-state index in [1.54, 1.807) is 12.1 Å². The maximum Gasteiger partial charge on any atom is 0.313 e. The van der Waals surface area contributed by atoms with Crippen molar-refractivity contribution in [1.29, 1.82) is 0 Å². The average molecular weight is 351 g/mol. The molecular weight excluding hydrogens is 342 g/mol. The summed E-state index contributed by atoms with van der Waals surface area (Å²) in [6.07, 6.45) is 0. The van der Waals surface area contributed by atoms with Crippen molar-refractivity contribution in [3.63, 3.8) is 0 Å². The second-order valence-electron chi connectivity index (χ2n) is 3.23. The molecule has 0 aliphatic heterocycles. The smallest absolute Gasteiger partial charge is 0.313 e. The number of amides is 2. The van der Waals surface area contributed by atoms with Crippen LogP contribution in [0.1, 0.15) is 0 Å². The zero-order valence-corrected chi connectivity index (χ0v) is 12.2. The second-order valence-corrected chi connectivity index (χ2v) is 5.04. The summed E-state index contributed by atoms with van der Waals surface area (Å²) in [5, 5.41) is 5.12. The molecule has 1 aromatic rings. The molecule has 0 heterocycles. The van der Waals surface area contributed by atoms with Crippen molar-refractivity contribution in [3.8, 4) is 0 Å². The molecule has 0 aromatic heterocycles. The van der Waals surface area contributed by atoms with Gasteiger partial charge < -0.3 is 16.4 Å². The van der Waals surface area contributed by atoms with Crippen LogP contribution in [0, 0.1) is 0 Å². The van der Waals surface area contributed by atoms with E-state index in [1.165, 1.54) is 6.07 Å². The minimum absolute atomic E-state index is 0.0295. The van der Waals surface area contributed by atoms with Gasteiger partial charge in [0.1, 0.15) is 0 Å². The van der Waals surface area contributed by atoms with Crippen LogP contribution in [0.25, 0.3) is 0 Å².